The molecule has 5 nitrogen and oxygen atoms in total. The van der Waals surface area contributed by atoms with Crippen LogP contribution in [0.4, 0.5) is 11.6 Å². The zero-order valence-electron chi connectivity index (χ0n) is 15.6. The van der Waals surface area contributed by atoms with Gasteiger partial charge < -0.3 is 15.0 Å². The molecule has 0 saturated carbocycles. The number of ether oxygens (including phenoxy) is 1. The van der Waals surface area contributed by atoms with Gasteiger partial charge in [0.2, 0.25) is 0 Å². The van der Waals surface area contributed by atoms with E-state index in [0.29, 0.717) is 6.61 Å². The molecule has 1 N–H and O–H groups in total. The fourth-order valence-electron chi connectivity index (χ4n) is 4.07. The Labute approximate surface area is 159 Å². The van der Waals surface area contributed by atoms with Gasteiger partial charge in [0, 0.05) is 25.1 Å². The number of hydrogen-bond donors (Lipinski definition) is 1. The Morgan fingerprint density at radius 3 is 2.63 bits per heavy atom. The lowest BCUT2D eigenvalue weighted by molar-refractivity contribution is 0.274. The molecule has 1 saturated heterocycles. The average Bonchev–Trinajstić information content (AvgIpc) is 3.22. The summed E-state index contributed by atoms with van der Waals surface area (Å²) in [6.07, 6.45) is 3.35. The van der Waals surface area contributed by atoms with E-state index < -0.39 is 0 Å². The fraction of sp³-hybridized carbons (Fsp3) is 0.364. The Morgan fingerprint density at radius 2 is 1.81 bits per heavy atom. The third-order valence-corrected chi connectivity index (χ3v) is 5.47. The van der Waals surface area contributed by atoms with Crippen molar-refractivity contribution in [2.75, 3.05) is 29.9 Å². The van der Waals surface area contributed by atoms with E-state index in [-0.39, 0.29) is 6.04 Å². The number of benzene rings is 2. The molecule has 138 valence electrons. The number of aromatic nitrogens is 2. The molecule has 1 atom stereocenters. The molecule has 0 spiro atoms. The fourth-order valence-corrected chi connectivity index (χ4v) is 4.07. The molecule has 0 bridgehead atoms. The first-order valence-corrected chi connectivity index (χ1v) is 9.79. The smallest absolute Gasteiger partial charge is 0.172 e. The maximum absolute atomic E-state index is 5.86. The largest absolute Gasteiger partial charge is 0.493 e. The standard InChI is InChI=1S/C22H24N4O/c1-15-8-9-20-16(14-15)17(10-13-27-20)23-21-22(26-11-4-5-12-26)25-19-7-3-2-6-18(19)24-21/h2-3,6-9,14,17H,4-5,10-13H2,1H3,(H,23,24). The minimum absolute atomic E-state index is 0.186. The van der Waals surface area contributed by atoms with Crippen molar-refractivity contribution < 1.29 is 4.74 Å². The summed E-state index contributed by atoms with van der Waals surface area (Å²) >= 11 is 0. The van der Waals surface area contributed by atoms with Crippen molar-refractivity contribution in [2.45, 2.75) is 32.2 Å². The van der Waals surface area contributed by atoms with Crippen molar-refractivity contribution in [1.29, 1.82) is 0 Å². The molecular weight excluding hydrogens is 336 g/mol. The number of nitrogens with one attached hydrogen (secondary N) is 1. The Balaban J connectivity index is 1.57. The van der Waals surface area contributed by atoms with E-state index in [9.17, 15) is 0 Å². The Bertz CT molecular complexity index is 981. The highest BCUT2D eigenvalue weighted by Crippen LogP contribution is 2.37. The quantitative estimate of drug-likeness (QED) is 0.747. The van der Waals surface area contributed by atoms with Gasteiger partial charge in [-0.25, -0.2) is 9.97 Å². The third kappa shape index (κ3) is 3.07. The molecule has 27 heavy (non-hydrogen) atoms. The Hall–Kier alpha value is -2.82. The molecule has 2 aliphatic rings. The minimum atomic E-state index is 0.186. The summed E-state index contributed by atoms with van der Waals surface area (Å²) in [4.78, 5) is 12.3. The number of aryl methyl sites for hydroxylation is 1. The normalized spacial score (nSPS) is 19.0. The summed E-state index contributed by atoms with van der Waals surface area (Å²) in [5.74, 6) is 2.84. The monoisotopic (exact) mass is 360 g/mol. The second kappa shape index (κ2) is 6.72. The molecule has 1 unspecified atom stereocenters. The highest BCUT2D eigenvalue weighted by Gasteiger charge is 2.25. The van der Waals surface area contributed by atoms with Crippen molar-refractivity contribution in [1.82, 2.24) is 9.97 Å². The highest BCUT2D eigenvalue weighted by molar-refractivity contribution is 5.80. The minimum Gasteiger partial charge on any atom is -0.493 e. The zero-order chi connectivity index (χ0) is 18.2. The lowest BCUT2D eigenvalue weighted by atomic mass is 9.98. The van der Waals surface area contributed by atoms with Crippen molar-refractivity contribution >= 4 is 22.7 Å². The topological polar surface area (TPSA) is 50.3 Å². The summed E-state index contributed by atoms with van der Waals surface area (Å²) in [5.41, 5.74) is 4.34. The second-order valence-corrected chi connectivity index (χ2v) is 7.45. The van der Waals surface area contributed by atoms with Gasteiger partial charge in [0.05, 0.1) is 23.7 Å². The van der Waals surface area contributed by atoms with Crippen molar-refractivity contribution in [3.05, 3.63) is 53.6 Å². The second-order valence-electron chi connectivity index (χ2n) is 7.45. The van der Waals surface area contributed by atoms with E-state index in [1.54, 1.807) is 0 Å². The Morgan fingerprint density at radius 1 is 1.04 bits per heavy atom. The maximum atomic E-state index is 5.86. The van der Waals surface area contributed by atoms with Gasteiger partial charge in [0.25, 0.3) is 0 Å². The van der Waals surface area contributed by atoms with Crippen LogP contribution >= 0.6 is 0 Å². The van der Waals surface area contributed by atoms with Crippen LogP contribution in [0.25, 0.3) is 11.0 Å². The predicted molar refractivity (Wildman–Crippen MR) is 109 cm³/mol. The summed E-state index contributed by atoms with van der Waals surface area (Å²) in [6.45, 7) is 4.93. The van der Waals surface area contributed by atoms with Gasteiger partial charge in [-0.2, -0.15) is 0 Å². The van der Waals surface area contributed by atoms with Crippen LogP contribution in [0.15, 0.2) is 42.5 Å². The Kier molecular flexibility index (Phi) is 4.07. The average molecular weight is 360 g/mol. The van der Waals surface area contributed by atoms with Crippen LogP contribution in [0.5, 0.6) is 5.75 Å². The molecule has 2 aromatic carbocycles. The van der Waals surface area contributed by atoms with Crippen LogP contribution in [-0.2, 0) is 0 Å². The molecular formula is C22H24N4O. The molecule has 3 heterocycles. The number of fused-ring (bicyclic) bond motifs is 2. The van der Waals surface area contributed by atoms with Crippen molar-refractivity contribution in [2.24, 2.45) is 0 Å². The molecule has 5 rings (SSSR count). The van der Waals surface area contributed by atoms with Gasteiger partial charge in [0.1, 0.15) is 5.75 Å². The van der Waals surface area contributed by atoms with Crippen molar-refractivity contribution in [3.63, 3.8) is 0 Å². The van der Waals surface area contributed by atoms with E-state index in [1.165, 1.54) is 24.0 Å². The predicted octanol–water partition coefficient (Wildman–Crippen LogP) is 4.47. The van der Waals surface area contributed by atoms with E-state index in [2.05, 4.69) is 35.3 Å². The van der Waals surface area contributed by atoms with Gasteiger partial charge in [-0.3, -0.25) is 0 Å². The first kappa shape index (κ1) is 16.4. The van der Waals surface area contributed by atoms with Gasteiger partial charge in [0.15, 0.2) is 11.6 Å². The summed E-state index contributed by atoms with van der Waals surface area (Å²) < 4.78 is 5.86. The summed E-state index contributed by atoms with van der Waals surface area (Å²) in [6, 6.07) is 14.7. The molecule has 1 aromatic heterocycles. The molecule has 2 aliphatic heterocycles. The lowest BCUT2D eigenvalue weighted by Crippen LogP contribution is -2.25. The van der Waals surface area contributed by atoms with Crippen LogP contribution in [-0.4, -0.2) is 29.7 Å². The van der Waals surface area contributed by atoms with Gasteiger partial charge in [-0.05, 0) is 38.0 Å². The van der Waals surface area contributed by atoms with Gasteiger partial charge in [-0.1, -0.05) is 29.8 Å². The first-order valence-electron chi connectivity index (χ1n) is 9.79. The van der Waals surface area contributed by atoms with E-state index in [1.807, 2.05) is 24.3 Å². The number of rotatable bonds is 3. The molecule has 0 amide bonds. The molecule has 0 aliphatic carbocycles. The number of anilines is 2. The zero-order valence-corrected chi connectivity index (χ0v) is 15.6. The highest BCUT2D eigenvalue weighted by atomic mass is 16.5. The van der Waals surface area contributed by atoms with Crippen molar-refractivity contribution in [3.8, 4) is 5.75 Å². The van der Waals surface area contributed by atoms with Crippen LogP contribution < -0.4 is 15.0 Å². The van der Waals surface area contributed by atoms with Crippen LogP contribution in [0.3, 0.4) is 0 Å². The van der Waals surface area contributed by atoms with Gasteiger partial charge >= 0.3 is 0 Å². The maximum Gasteiger partial charge on any atom is 0.172 e. The first-order chi connectivity index (χ1) is 13.3. The molecule has 3 aromatic rings. The summed E-state index contributed by atoms with van der Waals surface area (Å²) in [7, 11) is 0. The molecule has 1 fully saturated rings. The van der Waals surface area contributed by atoms with Crippen LogP contribution in [0.1, 0.15) is 36.4 Å². The molecule has 0 radical (unpaired) electrons. The van der Waals surface area contributed by atoms with E-state index >= 15 is 0 Å². The lowest BCUT2D eigenvalue weighted by Gasteiger charge is -2.29. The van der Waals surface area contributed by atoms with Crippen LogP contribution in [0, 0.1) is 6.92 Å². The number of nitrogens with zero attached hydrogens (tertiary/aromatic N) is 3. The number of hydrogen-bond acceptors (Lipinski definition) is 5. The summed E-state index contributed by atoms with van der Waals surface area (Å²) in [5, 5.41) is 3.71. The third-order valence-electron chi connectivity index (χ3n) is 5.47. The van der Waals surface area contributed by atoms with Crippen LogP contribution in [0.2, 0.25) is 0 Å². The van der Waals surface area contributed by atoms with Gasteiger partial charge in [-0.15, -0.1) is 0 Å². The van der Waals surface area contributed by atoms with E-state index in [0.717, 1.165) is 47.9 Å². The SMILES string of the molecule is Cc1ccc2c(c1)C(Nc1nc3ccccc3nc1N1CCCC1)CCO2. The number of para-hydroxylation sites is 2. The molecule has 5 heteroatoms. The van der Waals surface area contributed by atoms with E-state index in [4.69, 9.17) is 14.7 Å².